The van der Waals surface area contributed by atoms with Crippen LogP contribution in [-0.2, 0) is 21.0 Å². The van der Waals surface area contributed by atoms with E-state index in [1.54, 1.807) is 0 Å². The summed E-state index contributed by atoms with van der Waals surface area (Å²) >= 11 is 1.06. The van der Waals surface area contributed by atoms with E-state index in [2.05, 4.69) is 0 Å². The van der Waals surface area contributed by atoms with Gasteiger partial charge in [-0.3, -0.25) is 0 Å². The van der Waals surface area contributed by atoms with Crippen molar-refractivity contribution in [3.63, 3.8) is 0 Å². The topological polar surface area (TPSA) is 80.1 Å². The molecule has 0 aromatic heterocycles. The zero-order valence-electron chi connectivity index (χ0n) is 2.61. The van der Waals surface area contributed by atoms with Gasteiger partial charge >= 0.3 is 21.0 Å². The Morgan fingerprint density at radius 3 is 0.833 bits per heavy atom. The van der Waals surface area contributed by atoms with Gasteiger partial charge in [0, 0.05) is 0 Å². The van der Waals surface area contributed by atoms with Gasteiger partial charge in [-0.2, -0.15) is 0 Å². The van der Waals surface area contributed by atoms with Crippen LogP contribution in [-0.4, -0.2) is 11.0 Å². The van der Waals surface area contributed by atoms with Crippen LogP contribution in [0.4, 0.5) is 0 Å². The molecule has 0 radical (unpaired) electrons. The van der Waals surface area contributed by atoms with Crippen LogP contribution in [0.3, 0.4) is 0 Å². The first kappa shape index (κ1) is 67.1. The van der Waals surface area contributed by atoms with Crippen molar-refractivity contribution >= 4 is 0 Å². The average Bonchev–Trinajstić information content (AvgIpc) is 1.00. The molecule has 0 saturated heterocycles. The second kappa shape index (κ2) is 179. The molecule has 0 spiro atoms. The van der Waals surface area contributed by atoms with Crippen LogP contribution < -0.4 is 24.8 Å². The van der Waals surface area contributed by atoms with Crippen molar-refractivity contribution in [3.05, 3.63) is 0 Å². The quantitative estimate of drug-likeness (QED) is 0.359. The van der Waals surface area contributed by atoms with Crippen molar-refractivity contribution in [2.24, 2.45) is 0 Å². The molecule has 0 bridgehead atoms. The summed E-state index contributed by atoms with van der Waals surface area (Å²) in [6.07, 6.45) is 0. The Labute approximate surface area is 57.1 Å². The monoisotopic (exact) mass is 173 g/mol. The van der Waals surface area contributed by atoms with Crippen LogP contribution >= 0.6 is 0 Å². The predicted molar refractivity (Wildman–Crippen MR) is 7.91 cm³/mol. The third-order valence-electron chi connectivity index (χ3n) is 0. The van der Waals surface area contributed by atoms with Crippen molar-refractivity contribution in [3.8, 4) is 0 Å². The Bertz CT molecular complexity index is 8.75. The predicted octanol–water partition coefficient (Wildman–Crippen LogP) is -7.76. The Hall–Kier alpha value is 0.884. The zero-order valence-corrected chi connectivity index (χ0v) is 5.52. The van der Waals surface area contributed by atoms with Gasteiger partial charge in [-0.1, -0.05) is 0 Å². The molecular formula is H4Cl2O3V. The summed E-state index contributed by atoms with van der Waals surface area (Å²) in [4.78, 5) is 0. The summed E-state index contributed by atoms with van der Waals surface area (Å²) in [5, 5.41) is 0. The summed E-state index contributed by atoms with van der Waals surface area (Å²) in [5.41, 5.74) is 0. The Morgan fingerprint density at radius 1 is 0.833 bits per heavy atom. The molecule has 6 heavy (non-hydrogen) atoms. The van der Waals surface area contributed by atoms with Crippen molar-refractivity contribution in [1.82, 2.24) is 0 Å². The summed E-state index contributed by atoms with van der Waals surface area (Å²) in [5.74, 6) is 0. The molecule has 6 heteroatoms. The first-order valence-corrected chi connectivity index (χ1v) is 0.753. The fourth-order valence-corrected chi connectivity index (χ4v) is 0. The maximum absolute atomic E-state index is 8.19. The van der Waals surface area contributed by atoms with Gasteiger partial charge in [0.05, 0.1) is 0 Å². The van der Waals surface area contributed by atoms with Crippen LogP contribution in [0, 0.1) is 0 Å². The molecule has 0 heterocycles. The fraction of sp³-hybridized carbons (Fsp3) is 0. The molecule has 0 fully saturated rings. The van der Waals surface area contributed by atoms with E-state index in [9.17, 15) is 0 Å². The molecule has 4 N–H and O–H groups in total. The van der Waals surface area contributed by atoms with Gasteiger partial charge in [0.2, 0.25) is 0 Å². The Morgan fingerprint density at radius 2 is 0.833 bits per heavy atom. The molecule has 0 atom stereocenters. The number of halogens is 2. The van der Waals surface area contributed by atoms with E-state index in [0.29, 0.717) is 0 Å². The van der Waals surface area contributed by atoms with Gasteiger partial charge in [-0.25, -0.2) is 0 Å². The van der Waals surface area contributed by atoms with E-state index < -0.39 is 0 Å². The average molecular weight is 174 g/mol. The van der Waals surface area contributed by atoms with Crippen molar-refractivity contribution in [2.45, 2.75) is 0 Å². The van der Waals surface area contributed by atoms with E-state index in [1.807, 2.05) is 0 Å². The SMILES string of the molecule is O.O.[Cl-].[Cl-].[O]=[V+2]. The van der Waals surface area contributed by atoms with Crippen molar-refractivity contribution in [2.75, 3.05) is 0 Å². The molecule has 0 unspecified atom stereocenters. The van der Waals surface area contributed by atoms with E-state index >= 15 is 0 Å². The van der Waals surface area contributed by atoms with Crippen LogP contribution in [0.25, 0.3) is 0 Å². The van der Waals surface area contributed by atoms with Crippen LogP contribution in [0.5, 0.6) is 0 Å². The van der Waals surface area contributed by atoms with Gasteiger partial charge in [-0.15, -0.1) is 0 Å². The van der Waals surface area contributed by atoms with Crippen LogP contribution in [0.2, 0.25) is 0 Å². The molecule has 0 aliphatic rings. The van der Waals surface area contributed by atoms with Crippen molar-refractivity contribution in [1.29, 1.82) is 0 Å². The second-order valence-corrected chi connectivity index (χ2v) is 0. The van der Waals surface area contributed by atoms with E-state index in [0.717, 1.165) is 17.4 Å². The minimum atomic E-state index is 0. The molecule has 3 nitrogen and oxygen atoms in total. The fourth-order valence-electron chi connectivity index (χ4n) is 0. The van der Waals surface area contributed by atoms with E-state index in [1.165, 1.54) is 0 Å². The standard InChI is InChI=1S/2ClH.2H2O.O.V/h2*1H;2*1H2;;/q;;;;;+2/p-2. The molecule has 41 valence electrons. The second-order valence-electron chi connectivity index (χ2n) is 0. The van der Waals surface area contributed by atoms with Gasteiger partial charge in [0.1, 0.15) is 0 Å². The summed E-state index contributed by atoms with van der Waals surface area (Å²) < 4.78 is 8.19. The summed E-state index contributed by atoms with van der Waals surface area (Å²) in [6.45, 7) is 0. The van der Waals surface area contributed by atoms with Gasteiger partial charge in [0.25, 0.3) is 0 Å². The summed E-state index contributed by atoms with van der Waals surface area (Å²) in [6, 6.07) is 0. The number of rotatable bonds is 0. The number of hydrogen-bond acceptors (Lipinski definition) is 1. The van der Waals surface area contributed by atoms with Crippen LogP contribution in [0.15, 0.2) is 0 Å². The van der Waals surface area contributed by atoms with E-state index in [4.69, 9.17) is 3.67 Å². The number of hydrogen-bond donors (Lipinski definition) is 0. The molecule has 0 aromatic rings. The first-order chi connectivity index (χ1) is 1.00. The first-order valence-electron chi connectivity index (χ1n) is 0.183. The van der Waals surface area contributed by atoms with Gasteiger partial charge in [-0.05, 0) is 0 Å². The molecule has 0 aliphatic heterocycles. The van der Waals surface area contributed by atoms with Gasteiger partial charge < -0.3 is 35.8 Å². The normalized spacial score (nSPS) is 1.00. The molecule has 0 aliphatic carbocycles. The molecule has 0 aromatic carbocycles. The van der Waals surface area contributed by atoms with Crippen molar-refractivity contribution < 1.29 is 56.8 Å². The Balaban J connectivity index is -0.000000000833. The summed E-state index contributed by atoms with van der Waals surface area (Å²) in [7, 11) is 0. The molecule has 0 saturated carbocycles. The van der Waals surface area contributed by atoms with E-state index in [-0.39, 0.29) is 35.8 Å². The maximum atomic E-state index is 8.19. The molecule has 0 amide bonds. The van der Waals surface area contributed by atoms with Gasteiger partial charge in [0.15, 0.2) is 0 Å². The minimum absolute atomic E-state index is 0. The van der Waals surface area contributed by atoms with Crippen LogP contribution in [0.1, 0.15) is 0 Å². The zero-order chi connectivity index (χ0) is 2.00. The third kappa shape index (κ3) is 94.2. The Kier molecular flexibility index (Phi) is 2010. The molecule has 0 rings (SSSR count). The molecular weight excluding hydrogens is 170 g/mol. The third-order valence-corrected chi connectivity index (χ3v) is 0.